The lowest BCUT2D eigenvalue weighted by molar-refractivity contribution is -0.123. The highest BCUT2D eigenvalue weighted by molar-refractivity contribution is 8.18. The second-order valence-corrected chi connectivity index (χ2v) is 7.97. The van der Waals surface area contributed by atoms with Crippen LogP contribution in [0.2, 0.25) is 0 Å². The molecule has 2 amide bonds. The van der Waals surface area contributed by atoms with Gasteiger partial charge in [-0.25, -0.2) is 0 Å². The summed E-state index contributed by atoms with van der Waals surface area (Å²) in [6, 6.07) is 5.66. The van der Waals surface area contributed by atoms with Crippen LogP contribution in [0.15, 0.2) is 28.1 Å². The van der Waals surface area contributed by atoms with E-state index in [2.05, 4.69) is 10.6 Å². The number of rotatable bonds is 7. The van der Waals surface area contributed by atoms with E-state index >= 15 is 0 Å². The summed E-state index contributed by atoms with van der Waals surface area (Å²) in [5.41, 5.74) is 0.809. The van der Waals surface area contributed by atoms with Crippen LogP contribution in [0.1, 0.15) is 44.6 Å². The standard InChI is InChI=1S/C21H27N3O4S/c1-3-22-19(25)13-28-16-10-9-14(11-17(16)27-2)12-18-20(26)24-21(29-18)23-15-7-5-4-6-8-15/h9-12,15H,3-8,13H2,1-2H3,(H,22,25)(H,23,24,26)/b18-12-. The minimum absolute atomic E-state index is 0.0795. The molecule has 0 atom stereocenters. The van der Waals surface area contributed by atoms with E-state index < -0.39 is 0 Å². The second kappa shape index (κ2) is 10.3. The molecule has 1 saturated carbocycles. The summed E-state index contributed by atoms with van der Waals surface area (Å²) in [6.45, 7) is 2.32. The van der Waals surface area contributed by atoms with Crippen LogP contribution in [0.4, 0.5) is 0 Å². The van der Waals surface area contributed by atoms with E-state index in [1.165, 1.54) is 38.1 Å². The van der Waals surface area contributed by atoms with Crippen molar-refractivity contribution in [2.24, 2.45) is 4.99 Å². The molecule has 2 N–H and O–H groups in total. The average molecular weight is 418 g/mol. The highest BCUT2D eigenvalue weighted by Gasteiger charge is 2.25. The molecule has 0 bridgehead atoms. The zero-order valence-corrected chi connectivity index (χ0v) is 17.6. The van der Waals surface area contributed by atoms with Crippen molar-refractivity contribution in [3.63, 3.8) is 0 Å². The molecule has 1 aromatic carbocycles. The molecule has 156 valence electrons. The number of carbonyl (C=O) groups excluding carboxylic acids is 2. The van der Waals surface area contributed by atoms with Crippen LogP contribution in [-0.2, 0) is 9.59 Å². The fourth-order valence-electron chi connectivity index (χ4n) is 3.30. The maximum absolute atomic E-state index is 12.3. The van der Waals surface area contributed by atoms with Gasteiger partial charge in [0.2, 0.25) is 0 Å². The Hall–Kier alpha value is -2.48. The van der Waals surface area contributed by atoms with Gasteiger partial charge in [-0.3, -0.25) is 14.6 Å². The van der Waals surface area contributed by atoms with Gasteiger partial charge in [-0.05, 0) is 55.3 Å². The molecule has 29 heavy (non-hydrogen) atoms. The van der Waals surface area contributed by atoms with Gasteiger partial charge in [0, 0.05) is 6.54 Å². The maximum Gasteiger partial charge on any atom is 0.264 e. The number of carbonyl (C=O) groups is 2. The number of benzene rings is 1. The fourth-order valence-corrected chi connectivity index (χ4v) is 4.19. The Bertz CT molecular complexity index is 816. The maximum atomic E-state index is 12.3. The van der Waals surface area contributed by atoms with E-state index in [-0.39, 0.29) is 18.4 Å². The van der Waals surface area contributed by atoms with E-state index in [1.807, 2.05) is 13.0 Å². The van der Waals surface area contributed by atoms with E-state index in [0.717, 1.165) is 18.4 Å². The molecule has 1 aliphatic heterocycles. The van der Waals surface area contributed by atoms with Crippen molar-refractivity contribution in [2.75, 3.05) is 20.3 Å². The summed E-state index contributed by atoms with van der Waals surface area (Å²) in [6.07, 6.45) is 7.67. The van der Waals surface area contributed by atoms with Crippen molar-refractivity contribution in [1.29, 1.82) is 0 Å². The lowest BCUT2D eigenvalue weighted by Crippen LogP contribution is -2.28. The summed E-state index contributed by atoms with van der Waals surface area (Å²) in [5, 5.41) is 6.22. The third-order valence-electron chi connectivity index (χ3n) is 4.74. The summed E-state index contributed by atoms with van der Waals surface area (Å²) in [7, 11) is 1.54. The number of nitrogens with one attached hydrogen (secondary N) is 2. The molecule has 2 aliphatic rings. The third kappa shape index (κ3) is 6.00. The summed E-state index contributed by atoms with van der Waals surface area (Å²) in [4.78, 5) is 29.2. The quantitative estimate of drug-likeness (QED) is 0.666. The number of hydrogen-bond acceptors (Lipinski definition) is 6. The molecule has 1 aliphatic carbocycles. The van der Waals surface area contributed by atoms with E-state index in [1.54, 1.807) is 18.2 Å². The molecule has 8 heteroatoms. The Kier molecular flexibility index (Phi) is 7.57. The van der Waals surface area contributed by atoms with E-state index in [9.17, 15) is 9.59 Å². The first-order chi connectivity index (χ1) is 14.1. The van der Waals surface area contributed by atoms with Gasteiger partial charge < -0.3 is 20.1 Å². The molecule has 0 unspecified atom stereocenters. The van der Waals surface area contributed by atoms with Crippen molar-refractivity contribution in [2.45, 2.75) is 45.1 Å². The molecule has 1 heterocycles. The SMILES string of the molecule is CCNC(=O)COc1ccc(/C=C2\SC(=NC3CCCCC3)NC2=O)cc1OC. The molecule has 0 radical (unpaired) electrons. The highest BCUT2D eigenvalue weighted by atomic mass is 32.2. The number of hydrogen-bond donors (Lipinski definition) is 2. The van der Waals surface area contributed by atoms with Crippen LogP contribution in [0, 0.1) is 0 Å². The summed E-state index contributed by atoms with van der Waals surface area (Å²) in [5.74, 6) is 0.650. The predicted octanol–water partition coefficient (Wildman–Crippen LogP) is 3.10. The Morgan fingerprint density at radius 1 is 1.31 bits per heavy atom. The molecular weight excluding hydrogens is 390 g/mol. The molecule has 1 saturated heterocycles. The van der Waals surface area contributed by atoms with Crippen LogP contribution in [-0.4, -0.2) is 43.3 Å². The lowest BCUT2D eigenvalue weighted by atomic mass is 9.96. The highest BCUT2D eigenvalue weighted by Crippen LogP contribution is 2.32. The second-order valence-electron chi connectivity index (χ2n) is 6.94. The largest absolute Gasteiger partial charge is 0.493 e. The molecule has 7 nitrogen and oxygen atoms in total. The molecular formula is C21H27N3O4S. The van der Waals surface area contributed by atoms with Gasteiger partial charge in [0.15, 0.2) is 23.3 Å². The van der Waals surface area contributed by atoms with Crippen LogP contribution >= 0.6 is 11.8 Å². The number of amidine groups is 1. The number of likely N-dealkylation sites (N-methyl/N-ethyl adjacent to an activating group) is 1. The van der Waals surface area contributed by atoms with Gasteiger partial charge in [0.05, 0.1) is 18.1 Å². The minimum atomic E-state index is -0.190. The number of ether oxygens (including phenoxy) is 2. The number of nitrogens with zero attached hydrogens (tertiary/aromatic N) is 1. The van der Waals surface area contributed by atoms with Crippen molar-refractivity contribution in [3.05, 3.63) is 28.7 Å². The Morgan fingerprint density at radius 3 is 2.83 bits per heavy atom. The van der Waals surface area contributed by atoms with Crippen LogP contribution in [0.25, 0.3) is 6.08 Å². The van der Waals surface area contributed by atoms with E-state index in [4.69, 9.17) is 14.5 Å². The average Bonchev–Trinajstić information content (AvgIpc) is 3.06. The van der Waals surface area contributed by atoms with Gasteiger partial charge in [0.1, 0.15) is 0 Å². The number of methoxy groups -OCH3 is 1. The first-order valence-electron chi connectivity index (χ1n) is 9.95. The van der Waals surface area contributed by atoms with Crippen molar-refractivity contribution in [1.82, 2.24) is 10.6 Å². The zero-order valence-electron chi connectivity index (χ0n) is 16.8. The predicted molar refractivity (Wildman–Crippen MR) is 115 cm³/mol. The summed E-state index contributed by atoms with van der Waals surface area (Å²) < 4.78 is 10.9. The molecule has 0 aromatic heterocycles. The van der Waals surface area contributed by atoms with Gasteiger partial charge in [-0.1, -0.05) is 25.3 Å². The van der Waals surface area contributed by atoms with Gasteiger partial charge >= 0.3 is 0 Å². The van der Waals surface area contributed by atoms with Crippen LogP contribution < -0.4 is 20.1 Å². The topological polar surface area (TPSA) is 89.0 Å². The first-order valence-corrected chi connectivity index (χ1v) is 10.8. The first kappa shape index (κ1) is 21.2. The molecule has 2 fully saturated rings. The van der Waals surface area contributed by atoms with Gasteiger partial charge in [0.25, 0.3) is 11.8 Å². The van der Waals surface area contributed by atoms with Crippen molar-refractivity contribution in [3.8, 4) is 11.5 Å². The van der Waals surface area contributed by atoms with Crippen molar-refractivity contribution < 1.29 is 19.1 Å². The van der Waals surface area contributed by atoms with E-state index in [0.29, 0.717) is 34.2 Å². The summed E-state index contributed by atoms with van der Waals surface area (Å²) >= 11 is 1.37. The van der Waals surface area contributed by atoms with Gasteiger partial charge in [-0.15, -0.1) is 0 Å². The molecule has 0 spiro atoms. The Morgan fingerprint density at radius 2 is 2.10 bits per heavy atom. The third-order valence-corrected chi connectivity index (χ3v) is 5.67. The van der Waals surface area contributed by atoms with Crippen LogP contribution in [0.3, 0.4) is 0 Å². The smallest absolute Gasteiger partial charge is 0.264 e. The normalized spacial score (nSPS) is 20.0. The lowest BCUT2D eigenvalue weighted by Gasteiger charge is -2.17. The Balaban J connectivity index is 1.68. The van der Waals surface area contributed by atoms with Gasteiger partial charge in [-0.2, -0.15) is 0 Å². The fraction of sp³-hybridized carbons (Fsp3) is 0.476. The monoisotopic (exact) mass is 417 g/mol. The Labute approximate surface area is 175 Å². The van der Waals surface area contributed by atoms with Crippen molar-refractivity contribution >= 4 is 34.8 Å². The molecule has 1 aromatic rings. The zero-order chi connectivity index (χ0) is 20.6. The van der Waals surface area contributed by atoms with Crippen LogP contribution in [0.5, 0.6) is 11.5 Å². The molecule has 3 rings (SSSR count). The number of thioether (sulfide) groups is 1. The minimum Gasteiger partial charge on any atom is -0.493 e. The number of aliphatic imine (C=N–C) groups is 1. The number of amides is 2.